The van der Waals surface area contributed by atoms with Crippen molar-refractivity contribution in [2.45, 2.75) is 31.6 Å². The maximum absolute atomic E-state index is 6.17. The van der Waals surface area contributed by atoms with Crippen molar-refractivity contribution in [1.29, 1.82) is 0 Å². The normalized spacial score (nSPS) is 16.9. The van der Waals surface area contributed by atoms with Gasteiger partial charge in [0.2, 0.25) is 5.95 Å². The van der Waals surface area contributed by atoms with Crippen molar-refractivity contribution in [3.8, 4) is 11.3 Å². The van der Waals surface area contributed by atoms with Gasteiger partial charge in [-0.3, -0.25) is 0 Å². The topological polar surface area (TPSA) is 104 Å². The highest BCUT2D eigenvalue weighted by atomic mass is 15.0. The van der Waals surface area contributed by atoms with Gasteiger partial charge < -0.3 is 17.2 Å². The lowest BCUT2D eigenvalue weighted by Crippen LogP contribution is -2.11. The minimum atomic E-state index is 0.237. The van der Waals surface area contributed by atoms with Crippen LogP contribution in [-0.4, -0.2) is 16.5 Å². The fourth-order valence-corrected chi connectivity index (χ4v) is 3.21. The van der Waals surface area contributed by atoms with E-state index in [0.29, 0.717) is 18.3 Å². The van der Waals surface area contributed by atoms with Crippen LogP contribution < -0.4 is 17.2 Å². The first-order valence-corrected chi connectivity index (χ1v) is 7.42. The molecular weight excluding hydrogens is 262 g/mol. The third-order valence-electron chi connectivity index (χ3n) is 4.19. The summed E-state index contributed by atoms with van der Waals surface area (Å²) >= 11 is 0. The minimum Gasteiger partial charge on any atom is -0.383 e. The van der Waals surface area contributed by atoms with Gasteiger partial charge in [0.15, 0.2) is 0 Å². The van der Waals surface area contributed by atoms with Crippen LogP contribution in [-0.2, 0) is 6.42 Å². The number of nitrogens with zero attached hydrogens (tertiary/aromatic N) is 2. The lowest BCUT2D eigenvalue weighted by Gasteiger charge is -2.18. The Bertz CT molecular complexity index is 653. The molecule has 1 aliphatic carbocycles. The zero-order valence-corrected chi connectivity index (χ0v) is 12.0. The molecule has 2 aromatic rings. The number of fused-ring (bicyclic) bond motifs is 3. The molecule has 1 atom stereocenters. The molecule has 0 saturated carbocycles. The first kappa shape index (κ1) is 13.8. The molecule has 6 N–H and O–H groups in total. The van der Waals surface area contributed by atoms with Crippen LogP contribution in [0.15, 0.2) is 24.3 Å². The second-order valence-electron chi connectivity index (χ2n) is 5.55. The van der Waals surface area contributed by atoms with Crippen molar-refractivity contribution in [2.24, 2.45) is 5.73 Å². The van der Waals surface area contributed by atoms with E-state index in [1.165, 1.54) is 5.56 Å². The molecule has 5 heteroatoms. The van der Waals surface area contributed by atoms with Gasteiger partial charge in [-0.2, -0.15) is 4.98 Å². The van der Waals surface area contributed by atoms with Crippen LogP contribution in [0, 0.1) is 0 Å². The predicted molar refractivity (Wildman–Crippen MR) is 85.6 cm³/mol. The molecule has 3 rings (SSSR count). The molecule has 0 bridgehead atoms. The minimum absolute atomic E-state index is 0.237. The average molecular weight is 283 g/mol. The number of anilines is 2. The van der Waals surface area contributed by atoms with Crippen LogP contribution in [0.2, 0.25) is 0 Å². The third-order valence-corrected chi connectivity index (χ3v) is 4.19. The molecule has 110 valence electrons. The molecule has 1 aromatic heterocycles. The summed E-state index contributed by atoms with van der Waals surface area (Å²) in [6.45, 7) is 0.689. The first-order valence-electron chi connectivity index (χ1n) is 7.42. The maximum atomic E-state index is 6.17. The van der Waals surface area contributed by atoms with Crippen molar-refractivity contribution < 1.29 is 0 Å². The highest BCUT2D eigenvalue weighted by Gasteiger charge is 2.26. The summed E-state index contributed by atoms with van der Waals surface area (Å²) < 4.78 is 0. The number of rotatable bonds is 3. The highest BCUT2D eigenvalue weighted by molar-refractivity contribution is 5.73. The van der Waals surface area contributed by atoms with Crippen LogP contribution in [0.3, 0.4) is 0 Å². The molecule has 1 aromatic carbocycles. The number of hydrogen-bond acceptors (Lipinski definition) is 5. The summed E-state index contributed by atoms with van der Waals surface area (Å²) in [4.78, 5) is 8.66. The number of aryl methyl sites for hydroxylation is 1. The number of nitrogen functional groups attached to an aromatic ring is 2. The predicted octanol–water partition coefficient (Wildman–Crippen LogP) is 2.08. The third kappa shape index (κ3) is 2.56. The summed E-state index contributed by atoms with van der Waals surface area (Å²) in [6, 6.07) is 8.33. The molecule has 5 nitrogen and oxygen atoms in total. The van der Waals surface area contributed by atoms with Crippen LogP contribution >= 0.6 is 0 Å². The van der Waals surface area contributed by atoms with Crippen molar-refractivity contribution in [1.82, 2.24) is 9.97 Å². The quantitative estimate of drug-likeness (QED) is 0.800. The number of hydrogen-bond donors (Lipinski definition) is 3. The second-order valence-corrected chi connectivity index (χ2v) is 5.55. The lowest BCUT2D eigenvalue weighted by molar-refractivity contribution is 0.561. The Morgan fingerprint density at radius 3 is 2.76 bits per heavy atom. The van der Waals surface area contributed by atoms with Gasteiger partial charge in [0.25, 0.3) is 0 Å². The van der Waals surface area contributed by atoms with E-state index in [-0.39, 0.29) is 5.95 Å². The molecule has 1 heterocycles. The molecule has 0 saturated heterocycles. The van der Waals surface area contributed by atoms with Crippen LogP contribution in [0.25, 0.3) is 11.3 Å². The van der Waals surface area contributed by atoms with E-state index in [4.69, 9.17) is 17.2 Å². The van der Waals surface area contributed by atoms with Crippen LogP contribution in [0.1, 0.15) is 36.3 Å². The monoisotopic (exact) mass is 283 g/mol. The molecule has 1 unspecified atom stereocenters. The second kappa shape index (κ2) is 5.69. The van der Waals surface area contributed by atoms with E-state index in [0.717, 1.165) is 42.5 Å². The Morgan fingerprint density at radius 1 is 1.14 bits per heavy atom. The van der Waals surface area contributed by atoms with Crippen molar-refractivity contribution in [3.05, 3.63) is 35.4 Å². The Hall–Kier alpha value is -2.14. The SMILES string of the molecule is NCCCC1CCc2ccccc2-c2nc(N)nc(N)c21. The maximum Gasteiger partial charge on any atom is 0.222 e. The Kier molecular flexibility index (Phi) is 3.75. The first-order chi connectivity index (χ1) is 10.2. The number of benzene rings is 1. The van der Waals surface area contributed by atoms with Crippen LogP contribution in [0.4, 0.5) is 11.8 Å². The van der Waals surface area contributed by atoms with Gasteiger partial charge in [-0.05, 0) is 43.7 Å². The molecule has 0 radical (unpaired) electrons. The van der Waals surface area contributed by atoms with Gasteiger partial charge >= 0.3 is 0 Å². The zero-order chi connectivity index (χ0) is 14.8. The van der Waals surface area contributed by atoms with Gasteiger partial charge in [0.05, 0.1) is 5.69 Å². The standard InChI is InChI=1S/C16H21N5/c17-9-3-5-11-8-7-10-4-1-2-6-12(10)14-13(11)15(18)21-16(19)20-14/h1-2,4,6,11H,3,5,7-9,17H2,(H4,18,19,20,21). The Labute approximate surface area is 124 Å². The van der Waals surface area contributed by atoms with E-state index in [1.807, 2.05) is 6.07 Å². The van der Waals surface area contributed by atoms with Crippen molar-refractivity contribution in [2.75, 3.05) is 18.0 Å². The van der Waals surface area contributed by atoms with Crippen molar-refractivity contribution >= 4 is 11.8 Å². The Morgan fingerprint density at radius 2 is 1.95 bits per heavy atom. The largest absolute Gasteiger partial charge is 0.383 e. The summed E-state index contributed by atoms with van der Waals surface area (Å²) in [5, 5.41) is 0. The van der Waals surface area contributed by atoms with E-state index < -0.39 is 0 Å². The molecule has 21 heavy (non-hydrogen) atoms. The smallest absolute Gasteiger partial charge is 0.222 e. The van der Waals surface area contributed by atoms with Crippen molar-refractivity contribution in [3.63, 3.8) is 0 Å². The summed E-state index contributed by atoms with van der Waals surface area (Å²) in [5.41, 5.74) is 22.0. The van der Waals surface area contributed by atoms with E-state index in [2.05, 4.69) is 28.2 Å². The highest BCUT2D eigenvalue weighted by Crippen LogP contribution is 2.41. The molecular formula is C16H21N5. The molecule has 0 spiro atoms. The average Bonchev–Trinajstić information content (AvgIpc) is 2.63. The number of nitrogens with two attached hydrogens (primary N) is 3. The summed E-state index contributed by atoms with van der Waals surface area (Å²) in [6.07, 6.45) is 4.04. The number of aromatic nitrogens is 2. The molecule has 0 fully saturated rings. The lowest BCUT2D eigenvalue weighted by atomic mass is 9.90. The molecule has 1 aliphatic rings. The van der Waals surface area contributed by atoms with Gasteiger partial charge in [-0.15, -0.1) is 0 Å². The Balaban J connectivity index is 2.17. The fourth-order valence-electron chi connectivity index (χ4n) is 3.21. The molecule has 0 amide bonds. The van der Waals surface area contributed by atoms with Gasteiger partial charge in [0, 0.05) is 11.1 Å². The summed E-state index contributed by atoms with van der Waals surface area (Å²) in [5.74, 6) is 1.09. The van der Waals surface area contributed by atoms with E-state index in [1.54, 1.807) is 0 Å². The zero-order valence-electron chi connectivity index (χ0n) is 12.0. The molecule has 0 aliphatic heterocycles. The van der Waals surface area contributed by atoms with E-state index >= 15 is 0 Å². The van der Waals surface area contributed by atoms with E-state index in [9.17, 15) is 0 Å². The fraction of sp³-hybridized carbons (Fsp3) is 0.375. The van der Waals surface area contributed by atoms with Gasteiger partial charge in [-0.25, -0.2) is 4.98 Å². The van der Waals surface area contributed by atoms with Gasteiger partial charge in [-0.1, -0.05) is 24.3 Å². The van der Waals surface area contributed by atoms with Gasteiger partial charge in [0.1, 0.15) is 5.82 Å². The summed E-state index contributed by atoms with van der Waals surface area (Å²) in [7, 11) is 0. The van der Waals surface area contributed by atoms with Crippen LogP contribution in [0.5, 0.6) is 0 Å².